The molecule has 32 heavy (non-hydrogen) atoms. The molecule has 1 heterocycles. The van der Waals surface area contributed by atoms with Crippen LogP contribution < -0.4 is 10.2 Å². The Balaban J connectivity index is 1.33. The van der Waals surface area contributed by atoms with Crippen LogP contribution in [0.5, 0.6) is 0 Å². The van der Waals surface area contributed by atoms with E-state index >= 15 is 0 Å². The molecule has 0 atom stereocenters. The maximum absolute atomic E-state index is 12.8. The average molecular weight is 539 g/mol. The van der Waals surface area contributed by atoms with Crippen molar-refractivity contribution in [3.8, 4) is 0 Å². The van der Waals surface area contributed by atoms with E-state index in [4.69, 9.17) is 0 Å². The van der Waals surface area contributed by atoms with Gasteiger partial charge in [0.2, 0.25) is 0 Å². The van der Waals surface area contributed by atoms with Gasteiger partial charge in [-0.3, -0.25) is 9.59 Å². The summed E-state index contributed by atoms with van der Waals surface area (Å²) >= 11 is 2.17. The number of nitrogens with one attached hydrogen (secondary N) is 1. The van der Waals surface area contributed by atoms with Gasteiger partial charge in [-0.25, -0.2) is 0 Å². The van der Waals surface area contributed by atoms with Crippen molar-refractivity contribution in [3.63, 3.8) is 0 Å². The van der Waals surface area contributed by atoms with Crippen molar-refractivity contribution < 1.29 is 9.59 Å². The summed E-state index contributed by atoms with van der Waals surface area (Å²) in [6.07, 6.45) is 0.973. The second-order valence-corrected chi connectivity index (χ2v) is 8.97. The van der Waals surface area contributed by atoms with Crippen molar-refractivity contribution in [2.45, 2.75) is 13.3 Å². The smallest absolute Gasteiger partial charge is 0.256 e. The fourth-order valence-electron chi connectivity index (χ4n) is 3.83. The number of hydrogen-bond acceptors (Lipinski definition) is 3. The third kappa shape index (κ3) is 5.12. The first kappa shape index (κ1) is 22.3. The monoisotopic (exact) mass is 539 g/mol. The summed E-state index contributed by atoms with van der Waals surface area (Å²) in [5, 5.41) is 2.96. The molecule has 1 aliphatic rings. The number of hydrogen-bond donors (Lipinski definition) is 1. The third-order valence-electron chi connectivity index (χ3n) is 5.78. The lowest BCUT2D eigenvalue weighted by Crippen LogP contribution is -2.48. The molecule has 5 nitrogen and oxygen atoms in total. The molecule has 3 aromatic rings. The Morgan fingerprint density at radius 1 is 0.875 bits per heavy atom. The maximum atomic E-state index is 12.8. The van der Waals surface area contributed by atoms with Gasteiger partial charge in [-0.05, 0) is 83.1 Å². The summed E-state index contributed by atoms with van der Waals surface area (Å²) < 4.78 is 0.924. The zero-order chi connectivity index (χ0) is 22.5. The predicted molar refractivity (Wildman–Crippen MR) is 137 cm³/mol. The highest BCUT2D eigenvalue weighted by Crippen LogP contribution is 2.21. The average Bonchev–Trinajstić information content (AvgIpc) is 2.84. The largest absolute Gasteiger partial charge is 0.368 e. The Bertz CT molecular complexity index is 1090. The van der Waals surface area contributed by atoms with Gasteiger partial charge in [-0.2, -0.15) is 0 Å². The van der Waals surface area contributed by atoms with Crippen LogP contribution in [0.1, 0.15) is 33.2 Å². The van der Waals surface area contributed by atoms with Crippen LogP contribution in [-0.2, 0) is 6.42 Å². The number of carbonyl (C=O) groups is 2. The molecule has 1 N–H and O–H groups in total. The van der Waals surface area contributed by atoms with Crippen LogP contribution in [0.25, 0.3) is 0 Å². The molecule has 0 bridgehead atoms. The van der Waals surface area contributed by atoms with Gasteiger partial charge in [0, 0.05) is 46.7 Å². The first-order valence-corrected chi connectivity index (χ1v) is 11.9. The Hall–Kier alpha value is -2.87. The van der Waals surface area contributed by atoms with Gasteiger partial charge in [0.15, 0.2) is 0 Å². The molecule has 2 amide bonds. The van der Waals surface area contributed by atoms with E-state index in [1.807, 2.05) is 77.7 Å². The molecule has 3 aromatic carbocycles. The van der Waals surface area contributed by atoms with E-state index in [0.29, 0.717) is 18.7 Å². The Morgan fingerprint density at radius 3 is 2.16 bits per heavy atom. The van der Waals surface area contributed by atoms with Crippen LogP contribution in [0.4, 0.5) is 11.4 Å². The molecule has 4 rings (SSSR count). The summed E-state index contributed by atoms with van der Waals surface area (Å²) in [6.45, 7) is 5.07. The highest BCUT2D eigenvalue weighted by atomic mass is 127. The van der Waals surface area contributed by atoms with Crippen LogP contribution in [-0.4, -0.2) is 42.9 Å². The predicted octanol–water partition coefficient (Wildman–Crippen LogP) is 5.07. The van der Waals surface area contributed by atoms with Crippen molar-refractivity contribution in [3.05, 3.63) is 93.1 Å². The van der Waals surface area contributed by atoms with E-state index in [9.17, 15) is 9.59 Å². The van der Waals surface area contributed by atoms with Gasteiger partial charge in [0.1, 0.15) is 0 Å². The molecule has 0 radical (unpaired) electrons. The lowest BCUT2D eigenvalue weighted by atomic mass is 10.1. The summed E-state index contributed by atoms with van der Waals surface area (Å²) in [6, 6.07) is 23.3. The minimum absolute atomic E-state index is 0.0981. The summed E-state index contributed by atoms with van der Waals surface area (Å²) in [5.74, 6) is -0.0113. The normalized spacial score (nSPS) is 13.7. The third-order valence-corrected chi connectivity index (χ3v) is 6.73. The summed E-state index contributed by atoms with van der Waals surface area (Å²) in [5.41, 5.74) is 4.52. The molecule has 0 unspecified atom stereocenters. The number of carbonyl (C=O) groups excluding carboxylic acids is 2. The van der Waals surface area contributed by atoms with Gasteiger partial charge in [0.25, 0.3) is 11.8 Å². The number of amides is 2. The van der Waals surface area contributed by atoms with E-state index in [1.54, 1.807) is 0 Å². The van der Waals surface area contributed by atoms with E-state index < -0.39 is 0 Å². The maximum Gasteiger partial charge on any atom is 0.256 e. The Kier molecular flexibility index (Phi) is 7.09. The van der Waals surface area contributed by atoms with Crippen LogP contribution in [0.2, 0.25) is 0 Å². The van der Waals surface area contributed by atoms with Crippen molar-refractivity contribution >= 4 is 45.8 Å². The number of rotatable bonds is 5. The highest BCUT2D eigenvalue weighted by molar-refractivity contribution is 14.1. The lowest BCUT2D eigenvalue weighted by molar-refractivity contribution is 0.0746. The van der Waals surface area contributed by atoms with E-state index in [2.05, 4.69) is 39.7 Å². The molecule has 164 valence electrons. The van der Waals surface area contributed by atoms with Crippen LogP contribution in [0, 0.1) is 3.57 Å². The van der Waals surface area contributed by atoms with Gasteiger partial charge in [-0.1, -0.05) is 31.2 Å². The molecule has 0 aliphatic carbocycles. The van der Waals surface area contributed by atoms with Gasteiger partial charge < -0.3 is 15.1 Å². The molecular formula is C26H26IN3O2. The van der Waals surface area contributed by atoms with E-state index in [0.717, 1.165) is 40.0 Å². The zero-order valence-corrected chi connectivity index (χ0v) is 20.2. The number of halogens is 1. The Labute approximate surface area is 202 Å². The minimum atomic E-state index is -0.109. The van der Waals surface area contributed by atoms with Crippen molar-refractivity contribution in [1.29, 1.82) is 0 Å². The number of nitrogens with zero attached hydrogens (tertiary/aromatic N) is 2. The minimum Gasteiger partial charge on any atom is -0.368 e. The lowest BCUT2D eigenvalue weighted by Gasteiger charge is -2.36. The van der Waals surface area contributed by atoms with Gasteiger partial charge in [-0.15, -0.1) is 0 Å². The van der Waals surface area contributed by atoms with E-state index in [-0.39, 0.29) is 11.8 Å². The quantitative estimate of drug-likeness (QED) is 0.461. The van der Waals surface area contributed by atoms with Crippen LogP contribution in [0.3, 0.4) is 0 Å². The molecular weight excluding hydrogens is 513 g/mol. The molecule has 0 spiro atoms. The molecule has 1 fully saturated rings. The number of piperazine rings is 1. The zero-order valence-electron chi connectivity index (χ0n) is 18.1. The molecule has 0 saturated carbocycles. The second-order valence-electron chi connectivity index (χ2n) is 7.81. The second kappa shape index (κ2) is 10.2. The Morgan fingerprint density at radius 2 is 1.53 bits per heavy atom. The topological polar surface area (TPSA) is 52.7 Å². The highest BCUT2D eigenvalue weighted by Gasteiger charge is 2.22. The van der Waals surface area contributed by atoms with Crippen molar-refractivity contribution in [2.24, 2.45) is 0 Å². The van der Waals surface area contributed by atoms with Crippen molar-refractivity contribution in [2.75, 3.05) is 36.4 Å². The summed E-state index contributed by atoms with van der Waals surface area (Å²) in [4.78, 5) is 29.5. The molecule has 1 aliphatic heterocycles. The number of benzene rings is 3. The summed E-state index contributed by atoms with van der Waals surface area (Å²) in [7, 11) is 0. The first-order valence-electron chi connectivity index (χ1n) is 10.8. The molecule has 1 saturated heterocycles. The van der Waals surface area contributed by atoms with Gasteiger partial charge >= 0.3 is 0 Å². The van der Waals surface area contributed by atoms with Crippen LogP contribution in [0.15, 0.2) is 72.8 Å². The fourth-order valence-corrected chi connectivity index (χ4v) is 4.47. The van der Waals surface area contributed by atoms with E-state index in [1.165, 1.54) is 5.56 Å². The van der Waals surface area contributed by atoms with Crippen LogP contribution >= 0.6 is 22.6 Å². The number of anilines is 2. The molecule has 0 aromatic heterocycles. The SMILES string of the molecule is CCc1ccc(C(=O)N2CCN(c3ccc(NC(=O)c4ccccc4I)cc3)CC2)cc1. The first-order chi connectivity index (χ1) is 15.5. The fraction of sp³-hybridized carbons (Fsp3) is 0.231. The van der Waals surface area contributed by atoms with Crippen molar-refractivity contribution in [1.82, 2.24) is 4.90 Å². The molecule has 6 heteroatoms. The van der Waals surface area contributed by atoms with Gasteiger partial charge in [0.05, 0.1) is 5.56 Å². The standard InChI is InChI=1S/C26H26IN3O2/c1-2-19-7-9-20(10-8-19)26(32)30-17-15-29(16-18-30)22-13-11-21(12-14-22)28-25(31)23-5-3-4-6-24(23)27/h3-14H,2,15-18H2,1H3,(H,28,31). The number of aryl methyl sites for hydroxylation is 1.